The fourth-order valence-electron chi connectivity index (χ4n) is 1.69. The van der Waals surface area contributed by atoms with E-state index in [1.165, 1.54) is 0 Å². The lowest BCUT2D eigenvalue weighted by Crippen LogP contribution is -2.39. The van der Waals surface area contributed by atoms with Crippen LogP contribution in [0.15, 0.2) is 6.20 Å². The van der Waals surface area contributed by atoms with Gasteiger partial charge in [-0.2, -0.15) is 0 Å². The maximum Gasteiger partial charge on any atom is 0.237 e. The number of carbonyl (C=O) groups is 1. The molecule has 1 aromatic rings. The van der Waals surface area contributed by atoms with Crippen molar-refractivity contribution in [3.63, 3.8) is 0 Å². The second kappa shape index (κ2) is 4.90. The van der Waals surface area contributed by atoms with E-state index in [0.29, 0.717) is 19.5 Å². The van der Waals surface area contributed by atoms with Gasteiger partial charge in [0.25, 0.3) is 0 Å². The van der Waals surface area contributed by atoms with Crippen LogP contribution in [0.4, 0.5) is 0 Å². The average Bonchev–Trinajstić information content (AvgIpc) is 2.84. The highest BCUT2D eigenvalue weighted by atomic mass is 32.1. The lowest BCUT2D eigenvalue weighted by Gasteiger charge is -2.09. The molecule has 6 heteroatoms. The summed E-state index contributed by atoms with van der Waals surface area (Å²) >= 11 is 1.58. The van der Waals surface area contributed by atoms with E-state index in [4.69, 9.17) is 0 Å². The molecule has 5 nitrogen and oxygen atoms in total. The molecule has 2 unspecified atom stereocenters. The van der Waals surface area contributed by atoms with Crippen molar-refractivity contribution in [2.24, 2.45) is 0 Å². The Hall–Kier alpha value is -0.980. The van der Waals surface area contributed by atoms with E-state index in [1.807, 2.05) is 6.92 Å². The van der Waals surface area contributed by atoms with E-state index >= 15 is 0 Å². The van der Waals surface area contributed by atoms with Crippen LogP contribution in [0, 0.1) is 6.92 Å². The van der Waals surface area contributed by atoms with Gasteiger partial charge in [0, 0.05) is 17.6 Å². The molecule has 1 saturated heterocycles. The number of carbonyl (C=O) groups excluding carboxylic acids is 1. The molecular weight excluding hydrogens is 226 g/mol. The van der Waals surface area contributed by atoms with Gasteiger partial charge >= 0.3 is 0 Å². The standard InChI is InChI=1S/C10H15N3O2S/c1-6-3-12-9(16-6)5-13-10(15)8-2-7(14)4-11-8/h3,7-8,11,14H,2,4-5H2,1H3,(H,13,15). The first-order valence-electron chi connectivity index (χ1n) is 5.25. The lowest BCUT2D eigenvalue weighted by atomic mass is 10.2. The van der Waals surface area contributed by atoms with Crippen molar-refractivity contribution < 1.29 is 9.90 Å². The first kappa shape index (κ1) is 11.5. The number of nitrogens with one attached hydrogen (secondary N) is 2. The molecule has 1 aliphatic rings. The molecule has 2 atom stereocenters. The minimum absolute atomic E-state index is 0.0654. The lowest BCUT2D eigenvalue weighted by molar-refractivity contribution is -0.123. The molecule has 1 fully saturated rings. The van der Waals surface area contributed by atoms with Crippen LogP contribution in [0.2, 0.25) is 0 Å². The average molecular weight is 241 g/mol. The Morgan fingerprint density at radius 1 is 1.81 bits per heavy atom. The number of aliphatic hydroxyl groups is 1. The zero-order valence-corrected chi connectivity index (χ0v) is 9.88. The summed E-state index contributed by atoms with van der Waals surface area (Å²) in [5.41, 5.74) is 0. The van der Waals surface area contributed by atoms with Crippen molar-refractivity contribution in [2.75, 3.05) is 6.54 Å². The summed E-state index contributed by atoms with van der Waals surface area (Å²) in [4.78, 5) is 17.0. The third kappa shape index (κ3) is 2.78. The SMILES string of the molecule is Cc1cnc(CNC(=O)C2CC(O)CN2)s1. The summed E-state index contributed by atoms with van der Waals surface area (Å²) in [6.07, 6.45) is 1.88. The predicted molar refractivity (Wildman–Crippen MR) is 61.1 cm³/mol. The number of β-amino-alcohol motifs (C(OH)–C–C–N with tert-alkyl or cyclic N) is 1. The highest BCUT2D eigenvalue weighted by Crippen LogP contribution is 2.11. The van der Waals surface area contributed by atoms with Gasteiger partial charge in [-0.15, -0.1) is 11.3 Å². The molecule has 2 rings (SSSR count). The molecule has 0 saturated carbocycles. The first-order chi connectivity index (χ1) is 7.65. The van der Waals surface area contributed by atoms with Crippen LogP contribution in [0.5, 0.6) is 0 Å². The summed E-state index contributed by atoms with van der Waals surface area (Å²) in [6, 6.07) is -0.268. The Kier molecular flexibility index (Phi) is 3.52. The number of hydrogen-bond acceptors (Lipinski definition) is 5. The van der Waals surface area contributed by atoms with Crippen LogP contribution in [-0.2, 0) is 11.3 Å². The molecule has 0 aliphatic carbocycles. The molecular formula is C10H15N3O2S. The molecule has 1 aliphatic heterocycles. The van der Waals surface area contributed by atoms with Crippen LogP contribution in [-0.4, -0.2) is 34.7 Å². The molecule has 16 heavy (non-hydrogen) atoms. The highest BCUT2D eigenvalue weighted by Gasteiger charge is 2.27. The number of aromatic nitrogens is 1. The highest BCUT2D eigenvalue weighted by molar-refractivity contribution is 7.11. The van der Waals surface area contributed by atoms with Crippen molar-refractivity contribution in [2.45, 2.75) is 32.0 Å². The predicted octanol–water partition coefficient (Wildman–Crippen LogP) is -0.209. The Balaban J connectivity index is 1.80. The van der Waals surface area contributed by atoms with Crippen molar-refractivity contribution in [1.29, 1.82) is 0 Å². The Morgan fingerprint density at radius 2 is 2.62 bits per heavy atom. The monoisotopic (exact) mass is 241 g/mol. The first-order valence-corrected chi connectivity index (χ1v) is 6.07. The van der Waals surface area contributed by atoms with Crippen molar-refractivity contribution in [1.82, 2.24) is 15.6 Å². The minimum Gasteiger partial charge on any atom is -0.392 e. The van der Waals surface area contributed by atoms with E-state index in [-0.39, 0.29) is 11.9 Å². The van der Waals surface area contributed by atoms with E-state index in [9.17, 15) is 9.90 Å². The van der Waals surface area contributed by atoms with Gasteiger partial charge in [-0.3, -0.25) is 4.79 Å². The largest absolute Gasteiger partial charge is 0.392 e. The van der Waals surface area contributed by atoms with Crippen molar-refractivity contribution in [3.8, 4) is 0 Å². The molecule has 0 radical (unpaired) electrons. The topological polar surface area (TPSA) is 74.2 Å². The summed E-state index contributed by atoms with van der Waals surface area (Å²) in [5.74, 6) is -0.0654. The van der Waals surface area contributed by atoms with Crippen LogP contribution in [0.25, 0.3) is 0 Å². The molecule has 1 amide bonds. The van der Waals surface area contributed by atoms with Gasteiger partial charge < -0.3 is 15.7 Å². The summed E-state index contributed by atoms with van der Waals surface area (Å²) in [6.45, 7) is 2.94. The molecule has 88 valence electrons. The van der Waals surface area contributed by atoms with E-state index in [1.54, 1.807) is 17.5 Å². The number of thiazole rings is 1. The molecule has 3 N–H and O–H groups in total. The minimum atomic E-state index is -0.405. The third-order valence-corrected chi connectivity index (χ3v) is 3.42. The molecule has 0 bridgehead atoms. The Labute approximate surface area is 97.9 Å². The quantitative estimate of drug-likeness (QED) is 0.684. The van der Waals surface area contributed by atoms with Gasteiger partial charge in [-0.1, -0.05) is 0 Å². The maximum absolute atomic E-state index is 11.7. The summed E-state index contributed by atoms with van der Waals surface area (Å²) in [5, 5.41) is 16.0. The van der Waals surface area contributed by atoms with Gasteiger partial charge in [-0.25, -0.2) is 4.98 Å². The maximum atomic E-state index is 11.7. The Morgan fingerprint density at radius 3 is 3.19 bits per heavy atom. The summed E-state index contributed by atoms with van der Waals surface area (Å²) in [7, 11) is 0. The third-order valence-electron chi connectivity index (χ3n) is 2.51. The number of rotatable bonds is 3. The van der Waals surface area contributed by atoms with E-state index in [0.717, 1.165) is 9.88 Å². The van der Waals surface area contributed by atoms with Gasteiger partial charge in [0.15, 0.2) is 0 Å². The molecule has 0 aromatic carbocycles. The smallest absolute Gasteiger partial charge is 0.237 e. The molecule has 0 spiro atoms. The number of amides is 1. The van der Waals surface area contributed by atoms with Gasteiger partial charge in [0.2, 0.25) is 5.91 Å². The van der Waals surface area contributed by atoms with Gasteiger partial charge in [-0.05, 0) is 13.3 Å². The fraction of sp³-hybridized carbons (Fsp3) is 0.600. The molecule has 2 heterocycles. The normalized spacial score (nSPS) is 24.6. The van der Waals surface area contributed by atoms with Gasteiger partial charge in [0.1, 0.15) is 5.01 Å². The zero-order chi connectivity index (χ0) is 11.5. The van der Waals surface area contributed by atoms with Crippen LogP contribution in [0.1, 0.15) is 16.3 Å². The number of aliphatic hydroxyl groups excluding tert-OH is 1. The zero-order valence-electron chi connectivity index (χ0n) is 9.06. The molecule has 1 aromatic heterocycles. The second-order valence-corrected chi connectivity index (χ2v) is 5.25. The van der Waals surface area contributed by atoms with E-state index < -0.39 is 6.10 Å². The van der Waals surface area contributed by atoms with Crippen molar-refractivity contribution in [3.05, 3.63) is 16.1 Å². The summed E-state index contributed by atoms with van der Waals surface area (Å²) < 4.78 is 0. The Bertz CT molecular complexity index is 380. The van der Waals surface area contributed by atoms with E-state index in [2.05, 4.69) is 15.6 Å². The van der Waals surface area contributed by atoms with Crippen molar-refractivity contribution >= 4 is 17.2 Å². The number of aryl methyl sites for hydroxylation is 1. The van der Waals surface area contributed by atoms with Crippen LogP contribution < -0.4 is 10.6 Å². The fourth-order valence-corrected chi connectivity index (χ4v) is 2.41. The second-order valence-electron chi connectivity index (χ2n) is 3.93. The number of nitrogens with zero attached hydrogens (tertiary/aromatic N) is 1. The van der Waals surface area contributed by atoms with Gasteiger partial charge in [0.05, 0.1) is 18.7 Å². The van der Waals surface area contributed by atoms with Crippen LogP contribution in [0.3, 0.4) is 0 Å². The van der Waals surface area contributed by atoms with Crippen LogP contribution >= 0.6 is 11.3 Å². The number of hydrogen-bond donors (Lipinski definition) is 3.